The Hall–Kier alpha value is -6.55. The highest BCUT2D eigenvalue weighted by Crippen LogP contribution is 2.42. The second kappa shape index (κ2) is 14.3. The molecule has 7 aromatic carbocycles. The Morgan fingerprint density at radius 2 is 0.839 bits per heavy atom. The number of rotatable bonds is 9. The Kier molecular flexibility index (Phi) is 9.62. The predicted octanol–water partition coefficient (Wildman–Crippen LogP) is 9.42. The van der Waals surface area contributed by atoms with Crippen molar-refractivity contribution in [1.29, 1.82) is 0 Å². The molecule has 17 nitrogen and oxygen atoms in total. The van der Waals surface area contributed by atoms with Crippen LogP contribution in [0, 0.1) is 0 Å². The quantitative estimate of drug-likeness (QED) is 0.0519. The first-order valence-electron chi connectivity index (χ1n) is 15.9. The molecule has 0 radical (unpaired) electrons. The summed E-state index contributed by atoms with van der Waals surface area (Å²) in [5.41, 5.74) is 7.02. The van der Waals surface area contributed by atoms with Gasteiger partial charge >= 0.3 is 0 Å². The van der Waals surface area contributed by atoms with Gasteiger partial charge in [0.25, 0.3) is 30.4 Å². The van der Waals surface area contributed by atoms with Crippen LogP contribution in [0.25, 0.3) is 32.3 Å². The molecule has 0 amide bonds. The first-order valence-corrected chi connectivity index (χ1v) is 20.2. The molecule has 0 saturated heterocycles. The van der Waals surface area contributed by atoms with Gasteiger partial charge < -0.3 is 10.8 Å². The van der Waals surface area contributed by atoms with E-state index in [1.807, 2.05) is 0 Å². The monoisotopic (exact) mass is 811 g/mol. The van der Waals surface area contributed by atoms with Crippen LogP contribution in [0.4, 0.5) is 39.8 Å². The fraction of sp³-hybridized carbons (Fsp3) is 0. The fourth-order valence-corrected chi connectivity index (χ4v) is 7.46. The lowest BCUT2D eigenvalue weighted by molar-refractivity contribution is 0.478. The summed E-state index contributed by atoms with van der Waals surface area (Å²) in [5, 5.41) is 37.3. The summed E-state index contributed by atoms with van der Waals surface area (Å²) in [6, 6.07) is 26.5. The van der Waals surface area contributed by atoms with E-state index in [-0.39, 0.29) is 55.4 Å². The predicted molar refractivity (Wildman–Crippen MR) is 206 cm³/mol. The number of hydrogen-bond acceptors (Lipinski definition) is 14. The number of anilines is 1. The maximum atomic E-state index is 12.2. The minimum absolute atomic E-state index is 0.0493. The first kappa shape index (κ1) is 37.8. The molecule has 56 heavy (non-hydrogen) atoms. The molecule has 7 rings (SSSR count). The van der Waals surface area contributed by atoms with E-state index in [9.17, 15) is 44.0 Å². The van der Waals surface area contributed by atoms with Crippen LogP contribution in [0.1, 0.15) is 0 Å². The van der Waals surface area contributed by atoms with Crippen LogP contribution in [0.15, 0.2) is 161 Å². The molecule has 0 aliphatic heterocycles. The maximum Gasteiger partial charge on any atom is 0.295 e. The molecule has 0 atom stereocenters. The minimum atomic E-state index is -4.75. The number of fused-ring (bicyclic) bond motifs is 3. The third kappa shape index (κ3) is 7.68. The summed E-state index contributed by atoms with van der Waals surface area (Å²) in [7, 11) is -14.1. The van der Waals surface area contributed by atoms with Crippen molar-refractivity contribution in [2.45, 2.75) is 14.7 Å². The Bertz CT molecular complexity index is 3190. The van der Waals surface area contributed by atoms with E-state index >= 15 is 0 Å². The molecule has 0 fully saturated rings. The van der Waals surface area contributed by atoms with Crippen LogP contribution in [-0.4, -0.2) is 44.0 Å². The maximum absolute atomic E-state index is 12.2. The lowest BCUT2D eigenvalue weighted by atomic mass is 10.1. The second-order valence-corrected chi connectivity index (χ2v) is 16.3. The Morgan fingerprint density at radius 1 is 0.411 bits per heavy atom. The Labute approximate surface area is 317 Å². The lowest BCUT2D eigenvalue weighted by Crippen LogP contribution is -1.99. The van der Waals surface area contributed by atoms with Crippen molar-refractivity contribution in [3.63, 3.8) is 0 Å². The number of phenolic OH excluding ortho intramolecular Hbond substituents is 1. The van der Waals surface area contributed by atoms with E-state index in [1.165, 1.54) is 60.7 Å². The molecule has 6 N–H and O–H groups in total. The number of phenols is 1. The van der Waals surface area contributed by atoms with Crippen LogP contribution >= 0.6 is 0 Å². The Morgan fingerprint density at radius 3 is 1.30 bits per heavy atom. The first-order chi connectivity index (χ1) is 26.5. The van der Waals surface area contributed by atoms with Crippen molar-refractivity contribution in [1.82, 2.24) is 0 Å². The second-order valence-electron chi connectivity index (χ2n) is 12.0. The summed E-state index contributed by atoms with van der Waals surface area (Å²) in [5.74, 6) is -0.422. The molecule has 0 heterocycles. The number of benzene rings is 7. The highest BCUT2D eigenvalue weighted by molar-refractivity contribution is 7.86. The van der Waals surface area contributed by atoms with Crippen molar-refractivity contribution >= 4 is 102 Å². The molecule has 0 unspecified atom stereocenters. The van der Waals surface area contributed by atoms with E-state index < -0.39 is 50.8 Å². The van der Waals surface area contributed by atoms with Crippen molar-refractivity contribution in [2.24, 2.45) is 30.7 Å². The van der Waals surface area contributed by atoms with Gasteiger partial charge in [-0.2, -0.15) is 30.4 Å². The van der Waals surface area contributed by atoms with Crippen LogP contribution in [0.2, 0.25) is 0 Å². The number of nitrogen functional groups attached to an aromatic ring is 1. The summed E-state index contributed by atoms with van der Waals surface area (Å²) in [4.78, 5) is -1.42. The zero-order valence-corrected chi connectivity index (χ0v) is 30.6. The number of hydrogen-bond donors (Lipinski definition) is 5. The SMILES string of the molecule is Nc1ccc(N=Nc2ccc(N=Nc3ccc(N=Nc4cc(S(=O)(=O)O)c5ccccc5c4O)c4ccc(S(=O)(=O)O)cc34)c3ccc(S(=O)(=O)O)cc23)cc1. The molecule has 0 bridgehead atoms. The summed E-state index contributed by atoms with van der Waals surface area (Å²) in [6.07, 6.45) is 0. The third-order valence-electron chi connectivity index (χ3n) is 8.41. The number of aromatic hydroxyl groups is 1. The zero-order valence-electron chi connectivity index (χ0n) is 28.2. The summed E-state index contributed by atoms with van der Waals surface area (Å²) < 4.78 is 102. The van der Waals surface area contributed by atoms with Crippen molar-refractivity contribution in [3.8, 4) is 5.75 Å². The molecule has 20 heteroatoms. The van der Waals surface area contributed by atoms with Crippen LogP contribution < -0.4 is 5.73 Å². The van der Waals surface area contributed by atoms with Crippen LogP contribution in [0.3, 0.4) is 0 Å². The molecule has 7 aromatic rings. The highest BCUT2D eigenvalue weighted by atomic mass is 32.2. The van der Waals surface area contributed by atoms with E-state index in [0.29, 0.717) is 16.8 Å². The molecule has 0 saturated carbocycles. The Balaban J connectivity index is 1.34. The van der Waals surface area contributed by atoms with Crippen LogP contribution in [0.5, 0.6) is 5.75 Å². The topological polar surface area (TPSA) is 284 Å². The smallest absolute Gasteiger partial charge is 0.295 e. The zero-order chi connectivity index (χ0) is 40.0. The van der Waals surface area contributed by atoms with Gasteiger partial charge in [-0.1, -0.05) is 36.4 Å². The van der Waals surface area contributed by atoms with Gasteiger partial charge in [-0.25, -0.2) is 0 Å². The molecule has 0 spiro atoms. The normalized spacial score (nSPS) is 12.9. The van der Waals surface area contributed by atoms with E-state index in [1.54, 1.807) is 30.3 Å². The van der Waals surface area contributed by atoms with Crippen molar-refractivity contribution < 1.29 is 44.0 Å². The van der Waals surface area contributed by atoms with Crippen LogP contribution in [-0.2, 0) is 30.4 Å². The summed E-state index contributed by atoms with van der Waals surface area (Å²) >= 11 is 0. The van der Waals surface area contributed by atoms with Gasteiger partial charge in [0.15, 0.2) is 5.75 Å². The average Bonchev–Trinajstić information content (AvgIpc) is 3.15. The molecular formula is C36H25N7O10S3. The lowest BCUT2D eigenvalue weighted by Gasteiger charge is -2.09. The summed E-state index contributed by atoms with van der Waals surface area (Å²) in [6.45, 7) is 0. The van der Waals surface area contributed by atoms with Gasteiger partial charge in [0.1, 0.15) is 10.6 Å². The van der Waals surface area contributed by atoms with Crippen molar-refractivity contribution in [3.05, 3.63) is 115 Å². The molecular weight excluding hydrogens is 787 g/mol. The van der Waals surface area contributed by atoms with E-state index in [0.717, 1.165) is 24.3 Å². The third-order valence-corrected chi connectivity index (χ3v) is 11.0. The standard InChI is InChI=1S/C36H25N7O10S3/c37-20-5-7-21(8-6-20)38-39-32-15-13-30(24-11-9-22(17-28(24)32)54(45,46)47)40-42-33-16-14-31(25-12-10-23(18-29(25)33)55(48,49)50)41-43-34-19-35(56(51,52)53)26-3-1-2-4-27(26)36(34)44/h1-19,44H,37H2,(H,45,46,47)(H,48,49,50)(H,51,52,53). The van der Waals surface area contributed by atoms with Gasteiger partial charge in [-0.3, -0.25) is 13.7 Å². The van der Waals surface area contributed by atoms with Gasteiger partial charge in [-0.15, -0.1) is 25.6 Å². The number of azo groups is 3. The highest BCUT2D eigenvalue weighted by Gasteiger charge is 2.20. The molecule has 0 aromatic heterocycles. The van der Waals surface area contributed by atoms with E-state index in [4.69, 9.17) is 5.73 Å². The molecule has 0 aliphatic rings. The largest absolute Gasteiger partial charge is 0.505 e. The van der Waals surface area contributed by atoms with Gasteiger partial charge in [0, 0.05) is 38.0 Å². The molecule has 282 valence electrons. The average molecular weight is 812 g/mol. The van der Waals surface area contributed by atoms with E-state index in [2.05, 4.69) is 30.7 Å². The van der Waals surface area contributed by atoms with Gasteiger partial charge in [0.2, 0.25) is 0 Å². The fourth-order valence-electron chi connectivity index (χ4n) is 5.73. The van der Waals surface area contributed by atoms with Crippen molar-refractivity contribution in [2.75, 3.05) is 5.73 Å². The van der Waals surface area contributed by atoms with Gasteiger partial charge in [0.05, 0.1) is 38.2 Å². The molecule has 0 aliphatic carbocycles. The number of nitrogens with zero attached hydrogens (tertiary/aromatic N) is 6. The minimum Gasteiger partial charge on any atom is -0.505 e. The van der Waals surface area contributed by atoms with Gasteiger partial charge in [-0.05, 0) is 78.9 Å². The number of nitrogens with two attached hydrogens (primary N) is 1.